The van der Waals surface area contributed by atoms with Crippen LogP contribution in [0.25, 0.3) is 10.9 Å². The number of ether oxygens (including phenoxy) is 1. The molecule has 0 spiro atoms. The highest BCUT2D eigenvalue weighted by Crippen LogP contribution is 2.36. The number of para-hydroxylation sites is 1. The lowest BCUT2D eigenvalue weighted by atomic mass is 10.1. The topological polar surface area (TPSA) is 74.4 Å². The summed E-state index contributed by atoms with van der Waals surface area (Å²) in [5, 5.41) is 3.89. The second-order valence-electron chi connectivity index (χ2n) is 7.63. The summed E-state index contributed by atoms with van der Waals surface area (Å²) < 4.78 is 19.7. The van der Waals surface area contributed by atoms with Crippen LogP contribution in [-0.2, 0) is 22.6 Å². The van der Waals surface area contributed by atoms with E-state index in [2.05, 4.69) is 10.3 Å². The predicted molar refractivity (Wildman–Crippen MR) is 120 cm³/mol. The predicted octanol–water partition coefficient (Wildman–Crippen LogP) is 4.41. The number of halogens is 1. The fraction of sp³-hybridized carbons (Fsp3) is 0.120. The van der Waals surface area contributed by atoms with Gasteiger partial charge in [-0.2, -0.15) is 0 Å². The van der Waals surface area contributed by atoms with Crippen LogP contribution >= 0.6 is 0 Å². The summed E-state index contributed by atoms with van der Waals surface area (Å²) in [6, 6.07) is 19.3. The van der Waals surface area contributed by atoms with E-state index in [1.807, 2.05) is 30.5 Å². The maximum Gasteiger partial charge on any atom is 0.265 e. The zero-order valence-corrected chi connectivity index (χ0v) is 17.1. The molecule has 7 heteroatoms. The quantitative estimate of drug-likeness (QED) is 0.493. The summed E-state index contributed by atoms with van der Waals surface area (Å²) in [6.07, 6.45) is 2.04. The van der Waals surface area contributed by atoms with Gasteiger partial charge >= 0.3 is 0 Å². The number of aromatic amines is 1. The number of anilines is 2. The van der Waals surface area contributed by atoms with Crippen LogP contribution in [0.2, 0.25) is 0 Å². The third kappa shape index (κ3) is 3.80. The second-order valence-corrected chi connectivity index (χ2v) is 7.63. The molecule has 0 atom stereocenters. The molecule has 0 bridgehead atoms. The molecule has 1 aliphatic rings. The van der Waals surface area contributed by atoms with Crippen molar-refractivity contribution in [1.29, 1.82) is 0 Å². The number of fused-ring (bicyclic) bond motifs is 2. The molecule has 1 aromatic heterocycles. The Labute approximate surface area is 183 Å². The summed E-state index contributed by atoms with van der Waals surface area (Å²) in [5.41, 5.74) is 3.31. The van der Waals surface area contributed by atoms with Crippen molar-refractivity contribution < 1.29 is 18.7 Å². The van der Waals surface area contributed by atoms with Crippen LogP contribution in [0.3, 0.4) is 0 Å². The van der Waals surface area contributed by atoms with Gasteiger partial charge in [-0.15, -0.1) is 0 Å². The number of hydrogen-bond donors (Lipinski definition) is 2. The molecule has 6 nitrogen and oxygen atoms in total. The van der Waals surface area contributed by atoms with Crippen molar-refractivity contribution in [1.82, 2.24) is 4.98 Å². The number of rotatable bonds is 5. The zero-order chi connectivity index (χ0) is 22.1. The van der Waals surface area contributed by atoms with Gasteiger partial charge in [-0.3, -0.25) is 9.59 Å². The average molecular weight is 429 g/mol. The van der Waals surface area contributed by atoms with Crippen molar-refractivity contribution in [2.24, 2.45) is 0 Å². The molecule has 1 aliphatic heterocycles. The molecule has 0 aliphatic carbocycles. The summed E-state index contributed by atoms with van der Waals surface area (Å²) in [5.74, 6) is -0.325. The second kappa shape index (κ2) is 8.19. The van der Waals surface area contributed by atoms with Gasteiger partial charge in [-0.25, -0.2) is 4.39 Å². The first-order valence-corrected chi connectivity index (χ1v) is 10.2. The van der Waals surface area contributed by atoms with Crippen molar-refractivity contribution in [3.05, 3.63) is 89.9 Å². The Kier molecular flexibility index (Phi) is 5.07. The van der Waals surface area contributed by atoms with E-state index in [0.717, 1.165) is 16.5 Å². The minimum Gasteiger partial charge on any atom is -0.482 e. The SMILES string of the molecule is O=C(Cc1c[nH]c2ccccc12)Nc1ccc2c(c1)N(Cc1ccccc1F)C(=O)CO2. The Morgan fingerprint density at radius 1 is 1.06 bits per heavy atom. The Morgan fingerprint density at radius 2 is 1.88 bits per heavy atom. The molecule has 0 fully saturated rings. The van der Waals surface area contributed by atoms with Crippen LogP contribution in [0.4, 0.5) is 15.8 Å². The number of aromatic nitrogens is 1. The molecule has 160 valence electrons. The van der Waals surface area contributed by atoms with Crippen molar-refractivity contribution in [3.8, 4) is 5.75 Å². The third-order valence-corrected chi connectivity index (χ3v) is 5.50. The molecular formula is C25H20FN3O3. The van der Waals surface area contributed by atoms with Crippen LogP contribution in [0.5, 0.6) is 5.75 Å². The summed E-state index contributed by atoms with van der Waals surface area (Å²) in [7, 11) is 0. The molecule has 0 unspecified atom stereocenters. The number of hydrogen-bond acceptors (Lipinski definition) is 3. The van der Waals surface area contributed by atoms with Gasteiger partial charge in [-0.1, -0.05) is 36.4 Å². The monoisotopic (exact) mass is 429 g/mol. The van der Waals surface area contributed by atoms with Gasteiger partial charge in [0.25, 0.3) is 5.91 Å². The van der Waals surface area contributed by atoms with Crippen LogP contribution in [0, 0.1) is 5.82 Å². The van der Waals surface area contributed by atoms with E-state index in [1.165, 1.54) is 11.0 Å². The van der Waals surface area contributed by atoms with Gasteiger partial charge in [0.2, 0.25) is 5.91 Å². The molecule has 2 amide bonds. The molecule has 32 heavy (non-hydrogen) atoms. The maximum atomic E-state index is 14.2. The Balaban J connectivity index is 1.37. The smallest absolute Gasteiger partial charge is 0.265 e. The van der Waals surface area contributed by atoms with Crippen LogP contribution in [0.1, 0.15) is 11.1 Å². The first kappa shape index (κ1) is 19.8. The highest BCUT2D eigenvalue weighted by molar-refractivity contribution is 6.00. The summed E-state index contributed by atoms with van der Waals surface area (Å²) in [4.78, 5) is 29.9. The Bertz CT molecular complexity index is 1330. The lowest BCUT2D eigenvalue weighted by Crippen LogP contribution is -2.38. The molecule has 2 heterocycles. The van der Waals surface area contributed by atoms with Gasteiger partial charge < -0.3 is 19.9 Å². The first-order chi connectivity index (χ1) is 15.6. The van der Waals surface area contributed by atoms with E-state index in [9.17, 15) is 14.0 Å². The molecule has 0 saturated carbocycles. The van der Waals surface area contributed by atoms with Gasteiger partial charge in [0.15, 0.2) is 6.61 Å². The summed E-state index contributed by atoms with van der Waals surface area (Å²) in [6.45, 7) is -0.0394. The highest BCUT2D eigenvalue weighted by atomic mass is 19.1. The maximum absolute atomic E-state index is 14.2. The summed E-state index contributed by atoms with van der Waals surface area (Å²) >= 11 is 0. The van der Waals surface area contributed by atoms with E-state index in [4.69, 9.17) is 4.74 Å². The number of amides is 2. The van der Waals surface area contributed by atoms with E-state index in [1.54, 1.807) is 36.4 Å². The van der Waals surface area contributed by atoms with Crippen LogP contribution < -0.4 is 15.0 Å². The van der Waals surface area contributed by atoms with E-state index < -0.39 is 0 Å². The fourth-order valence-corrected chi connectivity index (χ4v) is 3.91. The Hall–Kier alpha value is -4.13. The van der Waals surface area contributed by atoms with Crippen molar-refractivity contribution in [2.45, 2.75) is 13.0 Å². The molecule has 0 radical (unpaired) electrons. The van der Waals surface area contributed by atoms with Crippen molar-refractivity contribution in [2.75, 3.05) is 16.8 Å². The van der Waals surface area contributed by atoms with Crippen molar-refractivity contribution in [3.63, 3.8) is 0 Å². The highest BCUT2D eigenvalue weighted by Gasteiger charge is 2.27. The lowest BCUT2D eigenvalue weighted by Gasteiger charge is -2.30. The molecule has 0 saturated heterocycles. The minimum atomic E-state index is -0.378. The van der Waals surface area contributed by atoms with Gasteiger partial charge in [0, 0.05) is 28.4 Å². The van der Waals surface area contributed by atoms with E-state index in [-0.39, 0.29) is 37.2 Å². The largest absolute Gasteiger partial charge is 0.482 e. The lowest BCUT2D eigenvalue weighted by molar-refractivity contribution is -0.121. The molecule has 4 aromatic rings. The molecule has 2 N–H and O–H groups in total. The Morgan fingerprint density at radius 3 is 2.75 bits per heavy atom. The minimum absolute atomic E-state index is 0.0780. The molecule has 3 aromatic carbocycles. The van der Waals surface area contributed by atoms with Gasteiger partial charge in [-0.05, 0) is 35.9 Å². The number of carbonyl (C=O) groups excluding carboxylic acids is 2. The van der Waals surface area contributed by atoms with Gasteiger partial charge in [0.1, 0.15) is 11.6 Å². The first-order valence-electron chi connectivity index (χ1n) is 10.2. The molecule has 5 rings (SSSR count). The zero-order valence-electron chi connectivity index (χ0n) is 17.1. The van der Waals surface area contributed by atoms with Gasteiger partial charge in [0.05, 0.1) is 18.7 Å². The third-order valence-electron chi connectivity index (χ3n) is 5.50. The fourth-order valence-electron chi connectivity index (χ4n) is 3.91. The van der Waals surface area contributed by atoms with E-state index in [0.29, 0.717) is 22.7 Å². The standard InChI is InChI=1S/C25H20FN3O3/c26-20-7-3-1-5-16(20)14-29-22-12-18(9-10-23(22)32-15-25(29)31)28-24(30)11-17-13-27-21-8-4-2-6-19(17)21/h1-10,12-13,27H,11,14-15H2,(H,28,30). The van der Waals surface area contributed by atoms with E-state index >= 15 is 0 Å². The normalized spacial score (nSPS) is 13.0. The average Bonchev–Trinajstić information content (AvgIpc) is 3.20. The molecular weight excluding hydrogens is 409 g/mol. The van der Waals surface area contributed by atoms with Crippen LogP contribution in [-0.4, -0.2) is 23.4 Å². The number of benzene rings is 3. The van der Waals surface area contributed by atoms with Crippen LogP contribution in [0.15, 0.2) is 72.9 Å². The number of carbonyl (C=O) groups is 2. The number of nitrogens with one attached hydrogen (secondary N) is 2. The number of nitrogens with zero attached hydrogens (tertiary/aromatic N) is 1. The van der Waals surface area contributed by atoms with Crippen molar-refractivity contribution >= 4 is 34.1 Å². The number of H-pyrrole nitrogens is 1.